The van der Waals surface area contributed by atoms with Gasteiger partial charge in [-0.3, -0.25) is 9.00 Å². The van der Waals surface area contributed by atoms with Gasteiger partial charge in [0, 0.05) is 5.75 Å². The molecule has 0 saturated carbocycles. The van der Waals surface area contributed by atoms with Crippen LogP contribution in [-0.4, -0.2) is 37.2 Å². The van der Waals surface area contributed by atoms with E-state index in [1.807, 2.05) is 0 Å². The summed E-state index contributed by atoms with van der Waals surface area (Å²) in [6, 6.07) is 11.7. The van der Waals surface area contributed by atoms with Crippen LogP contribution in [0.2, 0.25) is 0 Å². The molecular formula is C17H15N3O4S2. The highest BCUT2D eigenvalue weighted by Crippen LogP contribution is 2.21. The Labute approximate surface area is 156 Å². The van der Waals surface area contributed by atoms with Crippen LogP contribution in [0.15, 0.2) is 47.4 Å². The van der Waals surface area contributed by atoms with Gasteiger partial charge in [-0.25, -0.2) is 4.79 Å². The van der Waals surface area contributed by atoms with Gasteiger partial charge in [0.25, 0.3) is 5.91 Å². The average Bonchev–Trinajstić information content (AvgIpc) is 3.15. The van der Waals surface area contributed by atoms with Crippen molar-refractivity contribution in [1.29, 1.82) is 0 Å². The zero-order valence-corrected chi connectivity index (χ0v) is 15.4. The molecule has 0 fully saturated rings. The highest BCUT2D eigenvalue weighted by molar-refractivity contribution is 7.85. The lowest BCUT2D eigenvalue weighted by Gasteiger charge is -2.09. The van der Waals surface area contributed by atoms with Crippen molar-refractivity contribution in [3.8, 4) is 0 Å². The molecule has 0 saturated heterocycles. The van der Waals surface area contributed by atoms with Gasteiger partial charge in [0.2, 0.25) is 0 Å². The molecule has 3 aromatic rings. The lowest BCUT2D eigenvalue weighted by Crippen LogP contribution is -2.21. The van der Waals surface area contributed by atoms with Crippen LogP contribution in [0.1, 0.15) is 17.3 Å². The van der Waals surface area contributed by atoms with Crippen LogP contribution in [0.4, 0.5) is 5.69 Å². The number of fused-ring (bicyclic) bond motifs is 1. The minimum atomic E-state index is -1.29. The maximum absolute atomic E-state index is 12.3. The zero-order chi connectivity index (χ0) is 18.5. The topological polar surface area (TPSA) is 98.2 Å². The number of rotatable bonds is 6. The van der Waals surface area contributed by atoms with E-state index < -0.39 is 29.3 Å². The van der Waals surface area contributed by atoms with E-state index in [1.54, 1.807) is 43.3 Å². The summed E-state index contributed by atoms with van der Waals surface area (Å²) in [7, 11) is -1.29. The Hall–Kier alpha value is -2.65. The third kappa shape index (κ3) is 3.94. The summed E-state index contributed by atoms with van der Waals surface area (Å²) in [5, 5.41) is 2.65. The Bertz CT molecular complexity index is 987. The molecule has 134 valence electrons. The minimum Gasteiger partial charge on any atom is -0.452 e. The number of anilines is 1. The number of carbonyl (C=O) groups is 2. The smallest absolute Gasteiger partial charge is 0.339 e. The second kappa shape index (κ2) is 8.15. The van der Waals surface area contributed by atoms with E-state index in [-0.39, 0.29) is 5.56 Å². The van der Waals surface area contributed by atoms with Gasteiger partial charge in [-0.2, -0.15) is 8.75 Å². The van der Waals surface area contributed by atoms with Crippen LogP contribution in [-0.2, 0) is 20.3 Å². The van der Waals surface area contributed by atoms with Crippen LogP contribution >= 0.6 is 11.7 Å². The highest BCUT2D eigenvalue weighted by Gasteiger charge is 2.17. The molecule has 0 aliphatic heterocycles. The molecule has 0 spiro atoms. The van der Waals surface area contributed by atoms with Crippen molar-refractivity contribution < 1.29 is 18.5 Å². The zero-order valence-electron chi connectivity index (χ0n) is 13.8. The SMILES string of the molecule is CC[S@@](=O)c1ccccc1C(=O)OCC(=O)Nc1cccc2nsnc12. The van der Waals surface area contributed by atoms with E-state index in [4.69, 9.17) is 4.74 Å². The van der Waals surface area contributed by atoms with E-state index in [0.717, 1.165) is 11.7 Å². The molecule has 3 rings (SSSR count). The Morgan fingerprint density at radius 3 is 2.77 bits per heavy atom. The number of nitrogens with zero attached hydrogens (tertiary/aromatic N) is 2. The van der Waals surface area contributed by atoms with Crippen molar-refractivity contribution in [3.05, 3.63) is 48.0 Å². The van der Waals surface area contributed by atoms with Crippen molar-refractivity contribution >= 4 is 51.1 Å². The van der Waals surface area contributed by atoms with Gasteiger partial charge in [-0.1, -0.05) is 25.1 Å². The molecule has 1 amide bonds. The number of hydrogen-bond acceptors (Lipinski definition) is 7. The van der Waals surface area contributed by atoms with Crippen LogP contribution < -0.4 is 5.32 Å². The fraction of sp³-hybridized carbons (Fsp3) is 0.176. The van der Waals surface area contributed by atoms with E-state index in [2.05, 4.69) is 14.1 Å². The first-order valence-electron chi connectivity index (χ1n) is 7.75. The van der Waals surface area contributed by atoms with Gasteiger partial charge >= 0.3 is 5.97 Å². The van der Waals surface area contributed by atoms with E-state index >= 15 is 0 Å². The molecule has 0 aliphatic carbocycles. The number of esters is 1. The van der Waals surface area contributed by atoms with Crippen LogP contribution in [0.5, 0.6) is 0 Å². The number of benzene rings is 2. The molecular weight excluding hydrogens is 374 g/mol. The molecule has 26 heavy (non-hydrogen) atoms. The Balaban J connectivity index is 1.66. The number of carbonyl (C=O) groups excluding carboxylic acids is 2. The van der Waals surface area contributed by atoms with Crippen molar-refractivity contribution in [2.24, 2.45) is 0 Å². The second-order valence-electron chi connectivity index (χ2n) is 5.19. The predicted molar refractivity (Wildman–Crippen MR) is 99.7 cm³/mol. The van der Waals surface area contributed by atoms with Crippen LogP contribution in [0, 0.1) is 0 Å². The maximum Gasteiger partial charge on any atom is 0.339 e. The summed E-state index contributed by atoms with van der Waals surface area (Å²) in [6.07, 6.45) is 0. The number of amides is 1. The third-order valence-electron chi connectivity index (χ3n) is 3.51. The van der Waals surface area contributed by atoms with Crippen molar-refractivity contribution in [2.75, 3.05) is 17.7 Å². The van der Waals surface area contributed by atoms with Crippen molar-refractivity contribution in [1.82, 2.24) is 8.75 Å². The van der Waals surface area contributed by atoms with E-state index in [9.17, 15) is 13.8 Å². The summed E-state index contributed by atoms with van der Waals surface area (Å²) in [5.41, 5.74) is 1.97. The van der Waals surface area contributed by atoms with Crippen molar-refractivity contribution in [3.63, 3.8) is 0 Å². The molecule has 1 N–H and O–H groups in total. The Kier molecular flexibility index (Phi) is 5.69. The van der Waals surface area contributed by atoms with Gasteiger partial charge in [-0.05, 0) is 24.3 Å². The summed E-state index contributed by atoms with van der Waals surface area (Å²) in [6.45, 7) is 1.31. The quantitative estimate of drug-likeness (QED) is 0.651. The molecule has 0 bridgehead atoms. The van der Waals surface area contributed by atoms with Gasteiger partial charge in [0.05, 0.1) is 38.7 Å². The molecule has 1 aromatic heterocycles. The number of nitrogens with one attached hydrogen (secondary N) is 1. The lowest BCUT2D eigenvalue weighted by molar-refractivity contribution is -0.119. The summed E-state index contributed by atoms with van der Waals surface area (Å²) in [4.78, 5) is 24.8. The lowest BCUT2D eigenvalue weighted by atomic mass is 10.2. The average molecular weight is 389 g/mol. The molecule has 7 nitrogen and oxygen atoms in total. The Morgan fingerprint density at radius 2 is 1.96 bits per heavy atom. The molecule has 2 aromatic carbocycles. The van der Waals surface area contributed by atoms with Gasteiger partial charge in [0.1, 0.15) is 11.0 Å². The first-order valence-corrected chi connectivity index (χ1v) is 9.80. The molecule has 1 atom stereocenters. The standard InChI is InChI=1S/C17H15N3O4S2/c1-2-26(23)14-9-4-3-6-11(14)17(22)24-10-15(21)18-12-7-5-8-13-16(12)20-25-19-13/h3-9H,2,10H2,1H3,(H,18,21)/t26-/m1/s1. The first-order chi connectivity index (χ1) is 12.6. The van der Waals surface area contributed by atoms with E-state index in [1.165, 1.54) is 6.07 Å². The molecule has 1 heterocycles. The monoisotopic (exact) mass is 389 g/mol. The molecule has 0 unspecified atom stereocenters. The highest BCUT2D eigenvalue weighted by atomic mass is 32.2. The molecule has 0 aliphatic rings. The molecule has 9 heteroatoms. The van der Waals surface area contributed by atoms with E-state index in [0.29, 0.717) is 27.4 Å². The minimum absolute atomic E-state index is 0.200. The summed E-state index contributed by atoms with van der Waals surface area (Å²) >= 11 is 1.05. The first kappa shape index (κ1) is 18.2. The van der Waals surface area contributed by atoms with Gasteiger partial charge < -0.3 is 10.1 Å². The van der Waals surface area contributed by atoms with Crippen LogP contribution in [0.3, 0.4) is 0 Å². The third-order valence-corrected chi connectivity index (χ3v) is 5.42. The number of ether oxygens (including phenoxy) is 1. The maximum atomic E-state index is 12.3. The second-order valence-corrected chi connectivity index (χ2v) is 7.43. The number of aromatic nitrogens is 2. The largest absolute Gasteiger partial charge is 0.452 e. The van der Waals surface area contributed by atoms with Gasteiger partial charge in [-0.15, -0.1) is 0 Å². The van der Waals surface area contributed by atoms with Gasteiger partial charge in [0.15, 0.2) is 6.61 Å². The summed E-state index contributed by atoms with van der Waals surface area (Å²) in [5.74, 6) is -0.796. The predicted octanol–water partition coefficient (Wildman–Crippen LogP) is 2.61. The fourth-order valence-electron chi connectivity index (χ4n) is 2.29. The normalized spacial score (nSPS) is 11.9. The number of hydrogen-bond donors (Lipinski definition) is 1. The fourth-order valence-corrected chi connectivity index (χ4v) is 3.78. The summed E-state index contributed by atoms with van der Waals surface area (Å²) < 4.78 is 25.3. The van der Waals surface area contributed by atoms with Crippen molar-refractivity contribution in [2.45, 2.75) is 11.8 Å². The molecule has 0 radical (unpaired) electrons. The van der Waals surface area contributed by atoms with Crippen LogP contribution in [0.25, 0.3) is 11.0 Å². The Morgan fingerprint density at radius 1 is 1.15 bits per heavy atom.